The molecule has 19 heavy (non-hydrogen) atoms. The molecule has 1 heterocycles. The molecule has 0 radical (unpaired) electrons. The van der Waals surface area contributed by atoms with E-state index in [0.29, 0.717) is 12.1 Å². The van der Waals surface area contributed by atoms with Gasteiger partial charge in [-0.25, -0.2) is 13.1 Å². The van der Waals surface area contributed by atoms with E-state index in [1.165, 1.54) is 24.3 Å². The number of nitrogens with one attached hydrogen (secondary N) is 2. The molecule has 104 valence electrons. The van der Waals surface area contributed by atoms with Crippen LogP contribution in [0.1, 0.15) is 12.0 Å². The van der Waals surface area contributed by atoms with Crippen molar-refractivity contribution in [1.82, 2.24) is 10.0 Å². The number of benzene rings is 1. The third kappa shape index (κ3) is 3.98. The van der Waals surface area contributed by atoms with E-state index >= 15 is 0 Å². The Bertz CT molecular complexity index is 550. The fraction of sp³-hybridized carbons (Fsp3) is 0.455. The number of nitrogens with zero attached hydrogens (tertiary/aromatic N) is 1. The molecule has 0 saturated carbocycles. The molecule has 1 aromatic rings. The summed E-state index contributed by atoms with van der Waals surface area (Å²) < 4.78 is 26.4. The van der Waals surface area contributed by atoms with Crippen molar-refractivity contribution in [1.29, 1.82) is 0 Å². The molecule has 1 aromatic carbocycles. The van der Waals surface area contributed by atoms with Crippen molar-refractivity contribution in [3.63, 3.8) is 0 Å². The van der Waals surface area contributed by atoms with Crippen LogP contribution in [-0.2, 0) is 15.8 Å². The lowest BCUT2D eigenvalue weighted by Gasteiger charge is -2.11. The Morgan fingerprint density at radius 1 is 1.37 bits per heavy atom. The van der Waals surface area contributed by atoms with Crippen molar-refractivity contribution in [2.24, 2.45) is 0 Å². The van der Waals surface area contributed by atoms with Crippen molar-refractivity contribution in [3.05, 3.63) is 39.9 Å². The molecule has 2 rings (SSSR count). The SMILES string of the molecule is O=[N+]([O-])c1ccc(CS(=O)(=O)N[C@H]2CCNC2)cc1. The molecule has 0 aromatic heterocycles. The molecule has 8 heteroatoms. The Morgan fingerprint density at radius 2 is 2.05 bits per heavy atom. The summed E-state index contributed by atoms with van der Waals surface area (Å²) in [4.78, 5) is 9.98. The molecule has 1 atom stereocenters. The molecule has 1 aliphatic rings. The molecule has 0 spiro atoms. The highest BCUT2D eigenvalue weighted by atomic mass is 32.2. The van der Waals surface area contributed by atoms with Gasteiger partial charge in [0, 0.05) is 24.7 Å². The maximum absolute atomic E-state index is 11.9. The van der Waals surface area contributed by atoms with E-state index in [1.54, 1.807) is 0 Å². The molecule has 2 N–H and O–H groups in total. The predicted molar refractivity (Wildman–Crippen MR) is 70.1 cm³/mol. The minimum atomic E-state index is -3.41. The van der Waals surface area contributed by atoms with Crippen LogP contribution in [-0.4, -0.2) is 32.5 Å². The Hall–Kier alpha value is -1.51. The summed E-state index contributed by atoms with van der Waals surface area (Å²) in [7, 11) is -3.41. The van der Waals surface area contributed by atoms with Gasteiger partial charge in [-0.1, -0.05) is 12.1 Å². The number of hydrogen-bond donors (Lipinski definition) is 2. The van der Waals surface area contributed by atoms with E-state index in [9.17, 15) is 18.5 Å². The van der Waals surface area contributed by atoms with E-state index in [4.69, 9.17) is 0 Å². The van der Waals surface area contributed by atoms with Gasteiger partial charge in [-0.3, -0.25) is 10.1 Å². The summed E-state index contributed by atoms with van der Waals surface area (Å²) in [6.45, 7) is 1.45. The van der Waals surface area contributed by atoms with E-state index in [-0.39, 0.29) is 17.5 Å². The van der Waals surface area contributed by atoms with Crippen LogP contribution in [0.2, 0.25) is 0 Å². The van der Waals surface area contributed by atoms with Crippen molar-refractivity contribution in [2.45, 2.75) is 18.2 Å². The van der Waals surface area contributed by atoms with Crippen molar-refractivity contribution in [3.8, 4) is 0 Å². The van der Waals surface area contributed by atoms with Crippen LogP contribution in [0.3, 0.4) is 0 Å². The van der Waals surface area contributed by atoms with Crippen molar-refractivity contribution in [2.75, 3.05) is 13.1 Å². The highest BCUT2D eigenvalue weighted by Gasteiger charge is 2.21. The number of non-ortho nitro benzene ring substituents is 1. The second-order valence-corrected chi connectivity index (χ2v) is 6.24. The molecule has 0 aliphatic carbocycles. The number of rotatable bonds is 5. The summed E-state index contributed by atoms with van der Waals surface area (Å²) >= 11 is 0. The Morgan fingerprint density at radius 3 is 2.58 bits per heavy atom. The number of hydrogen-bond acceptors (Lipinski definition) is 5. The molecule has 1 fully saturated rings. The lowest BCUT2D eigenvalue weighted by Crippen LogP contribution is -2.36. The highest BCUT2D eigenvalue weighted by molar-refractivity contribution is 7.88. The second kappa shape index (κ2) is 5.64. The minimum Gasteiger partial charge on any atom is -0.315 e. The summed E-state index contributed by atoms with van der Waals surface area (Å²) in [6, 6.07) is 5.47. The van der Waals surface area contributed by atoms with Gasteiger partial charge in [0.25, 0.3) is 5.69 Å². The topological polar surface area (TPSA) is 101 Å². The molecular formula is C11H15N3O4S. The molecule has 0 amide bonds. The fourth-order valence-corrected chi connectivity index (χ4v) is 3.41. The normalized spacial score (nSPS) is 19.5. The van der Waals surface area contributed by atoms with Gasteiger partial charge in [0.2, 0.25) is 10.0 Å². The van der Waals surface area contributed by atoms with E-state index < -0.39 is 14.9 Å². The molecular weight excluding hydrogens is 270 g/mol. The Balaban J connectivity index is 2.00. The van der Waals surface area contributed by atoms with Gasteiger partial charge < -0.3 is 5.32 Å². The zero-order valence-electron chi connectivity index (χ0n) is 10.2. The summed E-state index contributed by atoms with van der Waals surface area (Å²) in [6.07, 6.45) is 0.777. The summed E-state index contributed by atoms with van der Waals surface area (Å²) in [5.74, 6) is -0.165. The highest BCUT2D eigenvalue weighted by Crippen LogP contribution is 2.14. The molecule has 0 unspecified atom stereocenters. The third-order valence-electron chi connectivity index (χ3n) is 2.91. The average molecular weight is 285 g/mol. The fourth-order valence-electron chi connectivity index (χ4n) is 1.98. The first-order valence-corrected chi connectivity index (χ1v) is 7.55. The number of sulfonamides is 1. The van der Waals surface area contributed by atoms with Gasteiger partial charge in [0.1, 0.15) is 0 Å². The summed E-state index contributed by atoms with van der Waals surface area (Å²) in [5.41, 5.74) is 0.484. The van der Waals surface area contributed by atoms with Crippen molar-refractivity contribution < 1.29 is 13.3 Å². The minimum absolute atomic E-state index is 0.0471. The van der Waals surface area contributed by atoms with Crippen LogP contribution < -0.4 is 10.0 Å². The van der Waals surface area contributed by atoms with Gasteiger partial charge in [0.15, 0.2) is 0 Å². The van der Waals surface area contributed by atoms with Gasteiger partial charge in [-0.2, -0.15) is 0 Å². The van der Waals surface area contributed by atoms with Crippen LogP contribution in [0.25, 0.3) is 0 Å². The van der Waals surface area contributed by atoms with E-state index in [0.717, 1.165) is 13.0 Å². The monoisotopic (exact) mass is 285 g/mol. The Kier molecular flexibility index (Phi) is 4.13. The van der Waals surface area contributed by atoms with Crippen LogP contribution >= 0.6 is 0 Å². The first-order chi connectivity index (χ1) is 8.96. The quantitative estimate of drug-likeness (QED) is 0.601. The van der Waals surface area contributed by atoms with E-state index in [1.807, 2.05) is 0 Å². The molecule has 7 nitrogen and oxygen atoms in total. The van der Waals surface area contributed by atoms with Gasteiger partial charge in [-0.05, 0) is 18.5 Å². The largest absolute Gasteiger partial charge is 0.315 e. The number of nitro groups is 1. The van der Waals surface area contributed by atoms with Crippen molar-refractivity contribution >= 4 is 15.7 Å². The second-order valence-electron chi connectivity index (χ2n) is 4.49. The third-order valence-corrected chi connectivity index (χ3v) is 4.32. The lowest BCUT2D eigenvalue weighted by molar-refractivity contribution is -0.384. The van der Waals surface area contributed by atoms with Gasteiger partial charge in [0.05, 0.1) is 10.7 Å². The predicted octanol–water partition coefficient (Wildman–Crippen LogP) is 0.376. The molecule has 1 aliphatic heterocycles. The van der Waals surface area contributed by atoms with Gasteiger partial charge in [-0.15, -0.1) is 0 Å². The lowest BCUT2D eigenvalue weighted by atomic mass is 10.2. The molecule has 1 saturated heterocycles. The first-order valence-electron chi connectivity index (χ1n) is 5.90. The smallest absolute Gasteiger partial charge is 0.269 e. The standard InChI is InChI=1S/C11H15N3O4S/c15-14(16)11-3-1-9(2-4-11)8-19(17,18)13-10-5-6-12-7-10/h1-4,10,12-13H,5-8H2/t10-/m0/s1. The van der Waals surface area contributed by atoms with E-state index in [2.05, 4.69) is 10.0 Å². The van der Waals surface area contributed by atoms with Crippen LogP contribution in [0.15, 0.2) is 24.3 Å². The van der Waals surface area contributed by atoms with Gasteiger partial charge >= 0.3 is 0 Å². The maximum atomic E-state index is 11.9. The van der Waals surface area contributed by atoms with Crippen LogP contribution in [0, 0.1) is 10.1 Å². The summed E-state index contributed by atoms with van der Waals surface area (Å²) in [5, 5.41) is 13.6. The Labute approximate surface area is 111 Å². The maximum Gasteiger partial charge on any atom is 0.269 e. The molecule has 0 bridgehead atoms. The van der Waals surface area contributed by atoms with Crippen LogP contribution in [0.4, 0.5) is 5.69 Å². The average Bonchev–Trinajstić information content (AvgIpc) is 2.81. The van der Waals surface area contributed by atoms with Crippen LogP contribution in [0.5, 0.6) is 0 Å². The zero-order valence-corrected chi connectivity index (χ0v) is 11.0. The first kappa shape index (κ1) is 13.9. The number of nitro benzene ring substituents is 1. The zero-order chi connectivity index (χ0) is 13.9.